The number of carbonyl (C=O) groups is 1. The summed E-state index contributed by atoms with van der Waals surface area (Å²) in [4.78, 5) is 14.8. The number of hydrogen-bond acceptors (Lipinski definition) is 4. The molecule has 0 radical (unpaired) electrons. The Balaban J connectivity index is 2.69. The number of carboxylic acid groups (broad SMARTS) is 1. The molecule has 0 atom stereocenters. The molecule has 0 aliphatic heterocycles. The quantitative estimate of drug-likeness (QED) is 0.567. The smallest absolute Gasteiger partial charge is 0.338 e. The van der Waals surface area contributed by atoms with Crippen LogP contribution in [0.15, 0.2) is 23.4 Å². The third-order valence-electron chi connectivity index (χ3n) is 1.59. The standard InChI is InChI=1S/C9H12N2O2S/c10-4-2-6-14-8-7(9(12)13)3-1-5-11-8/h1,3,5H,2,4,6,10H2,(H,12,13). The average molecular weight is 212 g/mol. The molecule has 4 nitrogen and oxygen atoms in total. The van der Waals surface area contributed by atoms with Crippen LogP contribution in [0.1, 0.15) is 16.8 Å². The molecule has 0 bridgehead atoms. The molecule has 1 rings (SSSR count). The van der Waals surface area contributed by atoms with Crippen molar-refractivity contribution in [2.45, 2.75) is 11.4 Å². The molecule has 0 aliphatic rings. The summed E-state index contributed by atoms with van der Waals surface area (Å²) in [5.41, 5.74) is 5.60. The van der Waals surface area contributed by atoms with E-state index in [1.807, 2.05) is 0 Å². The number of rotatable bonds is 5. The fraction of sp³-hybridized carbons (Fsp3) is 0.333. The summed E-state index contributed by atoms with van der Waals surface area (Å²) in [6.07, 6.45) is 2.46. The van der Waals surface area contributed by atoms with Gasteiger partial charge >= 0.3 is 5.97 Å². The van der Waals surface area contributed by atoms with E-state index in [0.717, 1.165) is 12.2 Å². The number of carboxylic acids is 1. The van der Waals surface area contributed by atoms with E-state index in [2.05, 4.69) is 4.98 Å². The van der Waals surface area contributed by atoms with E-state index < -0.39 is 5.97 Å². The van der Waals surface area contributed by atoms with Crippen molar-refractivity contribution in [1.82, 2.24) is 4.98 Å². The van der Waals surface area contributed by atoms with Crippen LogP contribution in [0.2, 0.25) is 0 Å². The molecule has 0 aromatic carbocycles. The Morgan fingerprint density at radius 2 is 2.43 bits per heavy atom. The maximum atomic E-state index is 10.8. The minimum absolute atomic E-state index is 0.259. The zero-order valence-electron chi connectivity index (χ0n) is 7.64. The van der Waals surface area contributed by atoms with Crippen LogP contribution in [0, 0.1) is 0 Å². The molecule has 0 fully saturated rings. The first kappa shape index (κ1) is 11.0. The highest BCUT2D eigenvalue weighted by atomic mass is 32.2. The highest BCUT2D eigenvalue weighted by Gasteiger charge is 2.09. The zero-order valence-corrected chi connectivity index (χ0v) is 8.46. The summed E-state index contributed by atoms with van der Waals surface area (Å²) in [6, 6.07) is 3.18. The maximum Gasteiger partial charge on any atom is 0.338 e. The van der Waals surface area contributed by atoms with Crippen LogP contribution >= 0.6 is 11.8 Å². The fourth-order valence-electron chi connectivity index (χ4n) is 0.921. The van der Waals surface area contributed by atoms with Gasteiger partial charge < -0.3 is 10.8 Å². The second-order valence-corrected chi connectivity index (χ2v) is 3.74. The van der Waals surface area contributed by atoms with Gasteiger partial charge in [-0.05, 0) is 25.1 Å². The largest absolute Gasteiger partial charge is 0.478 e. The molecule has 0 amide bonds. The topological polar surface area (TPSA) is 76.2 Å². The Kier molecular flexibility index (Phi) is 4.42. The first-order chi connectivity index (χ1) is 6.75. The van der Waals surface area contributed by atoms with Crippen LogP contribution in [-0.2, 0) is 0 Å². The lowest BCUT2D eigenvalue weighted by atomic mass is 10.3. The van der Waals surface area contributed by atoms with Crippen LogP contribution in [0.4, 0.5) is 0 Å². The predicted octanol–water partition coefficient (Wildman–Crippen LogP) is 1.22. The van der Waals surface area contributed by atoms with Gasteiger partial charge in [0, 0.05) is 11.9 Å². The molecule has 0 saturated carbocycles. The van der Waals surface area contributed by atoms with E-state index in [4.69, 9.17) is 10.8 Å². The average Bonchev–Trinajstić information content (AvgIpc) is 2.19. The highest BCUT2D eigenvalue weighted by molar-refractivity contribution is 7.99. The minimum Gasteiger partial charge on any atom is -0.478 e. The number of thioether (sulfide) groups is 1. The minimum atomic E-state index is -0.937. The molecule has 76 valence electrons. The summed E-state index contributed by atoms with van der Waals surface area (Å²) in [5.74, 6) is -0.137. The summed E-state index contributed by atoms with van der Waals surface area (Å²) >= 11 is 1.43. The molecule has 0 unspecified atom stereocenters. The van der Waals surface area contributed by atoms with E-state index in [-0.39, 0.29) is 5.56 Å². The molecular weight excluding hydrogens is 200 g/mol. The van der Waals surface area contributed by atoms with Gasteiger partial charge in [-0.15, -0.1) is 11.8 Å². The van der Waals surface area contributed by atoms with Gasteiger partial charge in [-0.25, -0.2) is 9.78 Å². The van der Waals surface area contributed by atoms with Crippen molar-refractivity contribution in [1.29, 1.82) is 0 Å². The van der Waals surface area contributed by atoms with E-state index >= 15 is 0 Å². The Morgan fingerprint density at radius 1 is 1.64 bits per heavy atom. The highest BCUT2D eigenvalue weighted by Crippen LogP contribution is 2.20. The first-order valence-corrected chi connectivity index (χ1v) is 5.25. The number of aromatic carboxylic acids is 1. The molecule has 0 spiro atoms. The molecule has 0 saturated heterocycles. The molecule has 14 heavy (non-hydrogen) atoms. The van der Waals surface area contributed by atoms with Crippen LogP contribution in [-0.4, -0.2) is 28.4 Å². The van der Waals surface area contributed by atoms with Gasteiger partial charge in [-0.3, -0.25) is 0 Å². The van der Waals surface area contributed by atoms with Gasteiger partial charge in [0.1, 0.15) is 5.03 Å². The van der Waals surface area contributed by atoms with E-state index in [0.29, 0.717) is 11.6 Å². The van der Waals surface area contributed by atoms with Gasteiger partial charge in [0.25, 0.3) is 0 Å². The van der Waals surface area contributed by atoms with Crippen molar-refractivity contribution in [2.75, 3.05) is 12.3 Å². The second kappa shape index (κ2) is 5.62. The van der Waals surface area contributed by atoms with Crippen molar-refractivity contribution in [3.8, 4) is 0 Å². The Hall–Kier alpha value is -1.07. The van der Waals surface area contributed by atoms with Crippen LogP contribution in [0.25, 0.3) is 0 Å². The maximum absolute atomic E-state index is 10.8. The van der Waals surface area contributed by atoms with Gasteiger partial charge in [0.15, 0.2) is 0 Å². The third kappa shape index (κ3) is 3.01. The van der Waals surface area contributed by atoms with Crippen LogP contribution in [0.3, 0.4) is 0 Å². The lowest BCUT2D eigenvalue weighted by Crippen LogP contribution is -2.02. The lowest BCUT2D eigenvalue weighted by Gasteiger charge is -2.02. The van der Waals surface area contributed by atoms with E-state index in [9.17, 15) is 4.79 Å². The number of pyridine rings is 1. The Bertz CT molecular complexity index is 317. The molecule has 1 aromatic rings. The lowest BCUT2D eigenvalue weighted by molar-refractivity contribution is 0.0692. The van der Waals surface area contributed by atoms with Crippen molar-refractivity contribution < 1.29 is 9.90 Å². The zero-order chi connectivity index (χ0) is 10.4. The Morgan fingerprint density at radius 3 is 3.07 bits per heavy atom. The predicted molar refractivity (Wildman–Crippen MR) is 55.6 cm³/mol. The first-order valence-electron chi connectivity index (χ1n) is 4.27. The molecule has 5 heteroatoms. The van der Waals surface area contributed by atoms with Gasteiger partial charge in [0.05, 0.1) is 5.56 Å². The SMILES string of the molecule is NCCCSc1ncccc1C(=O)O. The molecule has 1 aromatic heterocycles. The fourth-order valence-corrected chi connectivity index (χ4v) is 1.87. The normalized spacial score (nSPS) is 10.1. The van der Waals surface area contributed by atoms with Gasteiger partial charge in [0.2, 0.25) is 0 Å². The number of nitrogens with two attached hydrogens (primary N) is 1. The van der Waals surface area contributed by atoms with E-state index in [1.165, 1.54) is 11.8 Å². The summed E-state index contributed by atoms with van der Waals surface area (Å²) in [7, 11) is 0. The van der Waals surface area contributed by atoms with E-state index in [1.54, 1.807) is 18.3 Å². The number of aromatic nitrogens is 1. The number of hydrogen-bond donors (Lipinski definition) is 2. The van der Waals surface area contributed by atoms with Gasteiger partial charge in [-0.2, -0.15) is 0 Å². The third-order valence-corrected chi connectivity index (χ3v) is 2.68. The Labute approximate surface area is 86.5 Å². The monoisotopic (exact) mass is 212 g/mol. The van der Waals surface area contributed by atoms with Crippen molar-refractivity contribution in [3.05, 3.63) is 23.9 Å². The number of nitrogens with zero attached hydrogens (tertiary/aromatic N) is 1. The second-order valence-electron chi connectivity index (χ2n) is 2.65. The molecule has 1 heterocycles. The van der Waals surface area contributed by atoms with Crippen molar-refractivity contribution in [2.24, 2.45) is 5.73 Å². The van der Waals surface area contributed by atoms with Gasteiger partial charge in [-0.1, -0.05) is 0 Å². The van der Waals surface area contributed by atoms with Crippen molar-refractivity contribution in [3.63, 3.8) is 0 Å². The molecule has 3 N–H and O–H groups in total. The van der Waals surface area contributed by atoms with Crippen molar-refractivity contribution >= 4 is 17.7 Å². The molecular formula is C9H12N2O2S. The molecule has 0 aliphatic carbocycles. The summed E-state index contributed by atoms with van der Waals surface area (Å²) < 4.78 is 0. The summed E-state index contributed by atoms with van der Waals surface area (Å²) in [5, 5.41) is 9.41. The van der Waals surface area contributed by atoms with Crippen LogP contribution in [0.5, 0.6) is 0 Å². The van der Waals surface area contributed by atoms with Crippen LogP contribution < -0.4 is 5.73 Å². The summed E-state index contributed by atoms with van der Waals surface area (Å²) in [6.45, 7) is 0.613.